The van der Waals surface area contributed by atoms with Gasteiger partial charge in [-0.1, -0.05) is 49.3 Å². The first-order valence-electron chi connectivity index (χ1n) is 11.7. The Kier molecular flexibility index (Phi) is 6.59. The number of nitrogens with zero attached hydrogens (tertiary/aromatic N) is 4. The van der Waals surface area contributed by atoms with Gasteiger partial charge < -0.3 is 5.73 Å². The molecule has 5 rings (SSSR count). The van der Waals surface area contributed by atoms with E-state index >= 15 is 0 Å². The number of aryl methyl sites for hydroxylation is 1. The number of hydrogen-bond acceptors (Lipinski definition) is 9. The first-order valence-corrected chi connectivity index (χ1v) is 14.2. The summed E-state index contributed by atoms with van der Waals surface area (Å²) in [4.78, 5) is 17.3. The number of thiophene rings is 1. The van der Waals surface area contributed by atoms with Crippen molar-refractivity contribution in [2.24, 2.45) is 5.73 Å². The van der Waals surface area contributed by atoms with E-state index in [1.807, 2.05) is 11.0 Å². The minimum absolute atomic E-state index is 0.110. The van der Waals surface area contributed by atoms with Crippen molar-refractivity contribution in [3.8, 4) is 6.07 Å². The monoisotopic (exact) mass is 497 g/mol. The molecule has 9 heteroatoms. The Morgan fingerprint density at radius 3 is 2.73 bits per heavy atom. The van der Waals surface area contributed by atoms with Crippen LogP contribution in [0.5, 0.6) is 0 Å². The molecule has 0 spiro atoms. The summed E-state index contributed by atoms with van der Waals surface area (Å²) in [5, 5.41) is 20.3. The molecule has 1 fully saturated rings. The van der Waals surface area contributed by atoms with Crippen LogP contribution in [-0.2, 0) is 11.2 Å². The standard InChI is InChI=1S/C24H27N5OS3/c1-2-14-11-12-19(31-14)20-16(13-25)22(26)29(17-9-6-10-18(30)21(17)20)23-27-28-24(33-23)32-15-7-4-3-5-8-15/h11-12,15,20H,2-10,26H2,1H3. The molecule has 33 heavy (non-hydrogen) atoms. The smallest absolute Gasteiger partial charge is 0.219 e. The second kappa shape index (κ2) is 9.61. The predicted octanol–water partition coefficient (Wildman–Crippen LogP) is 5.89. The van der Waals surface area contributed by atoms with Crippen LogP contribution in [0, 0.1) is 11.3 Å². The van der Waals surface area contributed by atoms with E-state index in [-0.39, 0.29) is 11.7 Å². The average Bonchev–Trinajstić information content (AvgIpc) is 3.49. The summed E-state index contributed by atoms with van der Waals surface area (Å²) < 4.78 is 0.931. The number of aromatic nitrogens is 2. The van der Waals surface area contributed by atoms with Crippen molar-refractivity contribution in [1.29, 1.82) is 5.26 Å². The van der Waals surface area contributed by atoms with Crippen LogP contribution in [0.25, 0.3) is 0 Å². The lowest BCUT2D eigenvalue weighted by Gasteiger charge is -2.37. The van der Waals surface area contributed by atoms with Gasteiger partial charge in [0.15, 0.2) is 10.1 Å². The number of rotatable bonds is 5. The van der Waals surface area contributed by atoms with Gasteiger partial charge in [-0.05, 0) is 44.2 Å². The highest BCUT2D eigenvalue weighted by Crippen LogP contribution is 2.48. The highest BCUT2D eigenvalue weighted by molar-refractivity contribution is 8.01. The van der Waals surface area contributed by atoms with Gasteiger partial charge in [-0.15, -0.1) is 21.5 Å². The highest BCUT2D eigenvalue weighted by atomic mass is 32.2. The van der Waals surface area contributed by atoms with Crippen molar-refractivity contribution in [1.82, 2.24) is 10.2 Å². The van der Waals surface area contributed by atoms with Crippen LogP contribution in [0.3, 0.4) is 0 Å². The van der Waals surface area contributed by atoms with Crippen LogP contribution < -0.4 is 10.6 Å². The maximum absolute atomic E-state index is 13.2. The maximum atomic E-state index is 13.2. The Hall–Kier alpha value is -2.15. The molecule has 2 N–H and O–H groups in total. The lowest BCUT2D eigenvalue weighted by atomic mass is 9.78. The van der Waals surface area contributed by atoms with Gasteiger partial charge in [-0.2, -0.15) is 5.26 Å². The van der Waals surface area contributed by atoms with E-state index in [2.05, 4.69) is 29.3 Å². The molecule has 2 aliphatic carbocycles. The minimum atomic E-state index is -0.386. The molecule has 3 heterocycles. The van der Waals surface area contributed by atoms with Gasteiger partial charge in [-0.3, -0.25) is 9.69 Å². The number of ketones is 1. The lowest BCUT2D eigenvalue weighted by Crippen LogP contribution is -2.38. The molecule has 0 amide bonds. The fraction of sp³-hybridized carbons (Fsp3) is 0.500. The summed E-state index contributed by atoms with van der Waals surface area (Å²) in [7, 11) is 0. The summed E-state index contributed by atoms with van der Waals surface area (Å²) in [5.74, 6) is 0.107. The van der Waals surface area contributed by atoms with Crippen molar-refractivity contribution in [3.05, 3.63) is 44.6 Å². The zero-order valence-electron chi connectivity index (χ0n) is 18.7. The second-order valence-electron chi connectivity index (χ2n) is 8.70. The van der Waals surface area contributed by atoms with E-state index < -0.39 is 0 Å². The van der Waals surface area contributed by atoms with E-state index in [4.69, 9.17) is 5.73 Å². The zero-order chi connectivity index (χ0) is 22.9. The van der Waals surface area contributed by atoms with Gasteiger partial charge in [0.25, 0.3) is 0 Å². The quantitative estimate of drug-likeness (QED) is 0.550. The van der Waals surface area contributed by atoms with E-state index in [9.17, 15) is 10.1 Å². The maximum Gasteiger partial charge on any atom is 0.219 e. The third kappa shape index (κ3) is 4.25. The molecule has 2 aromatic rings. The second-order valence-corrected chi connectivity index (χ2v) is 12.4. The summed E-state index contributed by atoms with van der Waals surface area (Å²) in [6, 6.07) is 6.47. The first-order chi connectivity index (χ1) is 16.1. The molecule has 1 saturated carbocycles. The molecule has 6 nitrogen and oxygen atoms in total. The third-order valence-electron chi connectivity index (χ3n) is 6.64. The Labute approximate surface area is 206 Å². The Bertz CT molecular complexity index is 1160. The molecular weight excluding hydrogens is 470 g/mol. The molecule has 0 aromatic carbocycles. The number of anilines is 1. The van der Waals surface area contributed by atoms with Crippen LogP contribution in [0.15, 0.2) is 39.1 Å². The third-order valence-corrected chi connectivity index (χ3v) is 10.3. The van der Waals surface area contributed by atoms with E-state index in [0.29, 0.717) is 33.8 Å². The molecule has 2 aromatic heterocycles. The van der Waals surface area contributed by atoms with Gasteiger partial charge in [0.1, 0.15) is 5.82 Å². The van der Waals surface area contributed by atoms with E-state index in [1.54, 1.807) is 23.1 Å². The average molecular weight is 498 g/mol. The van der Waals surface area contributed by atoms with Crippen LogP contribution in [0.4, 0.5) is 5.13 Å². The molecule has 3 aliphatic rings. The number of carbonyl (C=O) groups excluding carboxylic acids is 1. The molecule has 0 radical (unpaired) electrons. The number of thioether (sulfide) groups is 1. The highest BCUT2D eigenvalue weighted by Gasteiger charge is 2.41. The Balaban J connectivity index is 1.55. The fourth-order valence-electron chi connectivity index (χ4n) is 5.00. The summed E-state index contributed by atoms with van der Waals surface area (Å²) in [5.41, 5.74) is 8.70. The van der Waals surface area contributed by atoms with Crippen molar-refractivity contribution < 1.29 is 4.79 Å². The first kappa shape index (κ1) is 22.6. The SMILES string of the molecule is CCc1ccc(C2C(C#N)=C(N)N(c3nnc(SC4CCCCC4)s3)C3=C2C(=O)CCC3)s1. The number of nitriles is 1. The van der Waals surface area contributed by atoms with Crippen molar-refractivity contribution >= 4 is 45.4 Å². The van der Waals surface area contributed by atoms with Crippen LogP contribution in [0.1, 0.15) is 74.0 Å². The Morgan fingerprint density at radius 2 is 2.00 bits per heavy atom. The largest absolute Gasteiger partial charge is 0.384 e. The van der Waals surface area contributed by atoms with Crippen LogP contribution >= 0.6 is 34.4 Å². The van der Waals surface area contributed by atoms with E-state index in [0.717, 1.165) is 34.2 Å². The van der Waals surface area contributed by atoms with Gasteiger partial charge >= 0.3 is 0 Å². The normalized spacial score (nSPS) is 22.0. The Morgan fingerprint density at radius 1 is 1.18 bits per heavy atom. The van der Waals surface area contributed by atoms with Crippen molar-refractivity contribution in [3.63, 3.8) is 0 Å². The van der Waals surface area contributed by atoms with E-state index in [1.165, 1.54) is 48.3 Å². The summed E-state index contributed by atoms with van der Waals surface area (Å²) >= 11 is 4.98. The van der Waals surface area contributed by atoms with Gasteiger partial charge in [0.2, 0.25) is 5.13 Å². The predicted molar refractivity (Wildman–Crippen MR) is 134 cm³/mol. The number of allylic oxidation sites excluding steroid dienone is 3. The van der Waals surface area contributed by atoms with Gasteiger partial charge in [0, 0.05) is 32.7 Å². The summed E-state index contributed by atoms with van der Waals surface area (Å²) in [6.45, 7) is 2.11. The molecule has 172 valence electrons. The van der Waals surface area contributed by atoms with Crippen molar-refractivity contribution in [2.75, 3.05) is 4.90 Å². The molecule has 1 unspecified atom stereocenters. The van der Waals surface area contributed by atoms with Crippen molar-refractivity contribution in [2.45, 2.75) is 80.2 Å². The number of nitrogens with two attached hydrogens (primary N) is 1. The fourth-order valence-corrected chi connectivity index (χ4v) is 8.45. The topological polar surface area (TPSA) is 95.9 Å². The number of hydrogen-bond donors (Lipinski definition) is 1. The number of carbonyl (C=O) groups is 1. The van der Waals surface area contributed by atoms with Crippen LogP contribution in [0.2, 0.25) is 0 Å². The minimum Gasteiger partial charge on any atom is -0.384 e. The number of Topliss-reactive ketones (excluding diaryl/α,β-unsaturated/α-hetero) is 1. The lowest BCUT2D eigenvalue weighted by molar-refractivity contribution is -0.116. The molecule has 0 saturated heterocycles. The van der Waals surface area contributed by atoms with Crippen LogP contribution in [-0.4, -0.2) is 21.2 Å². The molecule has 1 atom stereocenters. The summed E-state index contributed by atoms with van der Waals surface area (Å²) in [6.07, 6.45) is 9.27. The molecule has 0 bridgehead atoms. The molecule has 1 aliphatic heterocycles. The zero-order valence-corrected chi connectivity index (χ0v) is 21.1. The molecular formula is C24H27N5OS3. The van der Waals surface area contributed by atoms with Gasteiger partial charge in [0.05, 0.1) is 17.6 Å². The van der Waals surface area contributed by atoms with Gasteiger partial charge in [-0.25, -0.2) is 0 Å².